The van der Waals surface area contributed by atoms with E-state index in [0.717, 1.165) is 33.0 Å². The summed E-state index contributed by atoms with van der Waals surface area (Å²) in [7, 11) is 0. The standard InChI is InChI=1S/C20H18N2O2S/c1-14-6-5-9-16(10-19(23)24)20(14)25-13-18-21-11-17(12-22-18)15-7-3-2-4-8-15/h2-9,11-12H,10,13H2,1H3,(H,23,24). The molecule has 4 nitrogen and oxygen atoms in total. The van der Waals surface area contributed by atoms with Crippen LogP contribution < -0.4 is 0 Å². The van der Waals surface area contributed by atoms with Crippen LogP contribution in [0, 0.1) is 6.92 Å². The van der Waals surface area contributed by atoms with Crippen LogP contribution in [-0.4, -0.2) is 21.0 Å². The molecular weight excluding hydrogens is 332 g/mol. The number of thioether (sulfide) groups is 1. The van der Waals surface area contributed by atoms with E-state index in [1.54, 1.807) is 11.8 Å². The third-order valence-corrected chi connectivity index (χ3v) is 5.07. The molecule has 1 heterocycles. The topological polar surface area (TPSA) is 63.1 Å². The molecule has 0 bridgehead atoms. The number of aliphatic carboxylic acids is 1. The van der Waals surface area contributed by atoms with Crippen molar-refractivity contribution in [2.24, 2.45) is 0 Å². The smallest absolute Gasteiger partial charge is 0.307 e. The van der Waals surface area contributed by atoms with Crippen molar-refractivity contribution < 1.29 is 9.90 Å². The van der Waals surface area contributed by atoms with E-state index in [1.807, 2.05) is 67.8 Å². The summed E-state index contributed by atoms with van der Waals surface area (Å²) in [6.07, 6.45) is 3.68. The van der Waals surface area contributed by atoms with Gasteiger partial charge >= 0.3 is 5.97 Å². The Labute approximate surface area is 151 Å². The molecule has 2 aromatic carbocycles. The molecule has 0 spiro atoms. The van der Waals surface area contributed by atoms with Crippen molar-refractivity contribution in [2.45, 2.75) is 24.0 Å². The average molecular weight is 350 g/mol. The van der Waals surface area contributed by atoms with Gasteiger partial charge in [-0.15, -0.1) is 11.8 Å². The fraction of sp³-hybridized carbons (Fsp3) is 0.150. The van der Waals surface area contributed by atoms with E-state index >= 15 is 0 Å². The van der Waals surface area contributed by atoms with E-state index in [0.29, 0.717) is 5.75 Å². The molecule has 0 saturated heterocycles. The molecule has 0 saturated carbocycles. The van der Waals surface area contributed by atoms with Crippen LogP contribution in [0.3, 0.4) is 0 Å². The molecule has 1 N–H and O–H groups in total. The Kier molecular flexibility index (Phi) is 5.46. The van der Waals surface area contributed by atoms with Crippen LogP contribution in [0.1, 0.15) is 17.0 Å². The summed E-state index contributed by atoms with van der Waals surface area (Å²) in [4.78, 5) is 20.9. The van der Waals surface area contributed by atoms with E-state index in [1.165, 1.54) is 0 Å². The van der Waals surface area contributed by atoms with Gasteiger partial charge < -0.3 is 5.11 Å². The van der Waals surface area contributed by atoms with Gasteiger partial charge in [-0.25, -0.2) is 9.97 Å². The Hall–Kier alpha value is -2.66. The number of aryl methyl sites for hydroxylation is 1. The lowest BCUT2D eigenvalue weighted by Crippen LogP contribution is -2.02. The summed E-state index contributed by atoms with van der Waals surface area (Å²) in [5.74, 6) is 0.511. The fourth-order valence-electron chi connectivity index (χ4n) is 2.57. The second-order valence-corrected chi connectivity index (χ2v) is 6.66. The Morgan fingerprint density at radius 3 is 2.40 bits per heavy atom. The number of carboxylic acids is 1. The van der Waals surface area contributed by atoms with Crippen LogP contribution in [0.15, 0.2) is 65.8 Å². The highest BCUT2D eigenvalue weighted by Gasteiger charge is 2.11. The summed E-state index contributed by atoms with van der Waals surface area (Å²) >= 11 is 1.58. The van der Waals surface area contributed by atoms with E-state index in [4.69, 9.17) is 5.11 Å². The Balaban J connectivity index is 1.73. The van der Waals surface area contributed by atoms with Crippen molar-refractivity contribution >= 4 is 17.7 Å². The molecule has 0 aliphatic heterocycles. The lowest BCUT2D eigenvalue weighted by molar-refractivity contribution is -0.136. The molecule has 3 aromatic rings. The summed E-state index contributed by atoms with van der Waals surface area (Å²) in [6, 6.07) is 15.8. The van der Waals surface area contributed by atoms with Gasteiger partial charge in [0.25, 0.3) is 0 Å². The first-order chi connectivity index (χ1) is 12.1. The zero-order chi connectivity index (χ0) is 17.6. The number of carbonyl (C=O) groups is 1. The summed E-state index contributed by atoms with van der Waals surface area (Å²) in [5, 5.41) is 9.07. The second kappa shape index (κ2) is 7.94. The Morgan fingerprint density at radius 2 is 1.72 bits per heavy atom. The van der Waals surface area contributed by atoms with Gasteiger partial charge in [0.1, 0.15) is 5.82 Å². The molecule has 1 aromatic heterocycles. The van der Waals surface area contributed by atoms with Gasteiger partial charge in [-0.3, -0.25) is 4.79 Å². The second-order valence-electron chi connectivity index (χ2n) is 5.68. The summed E-state index contributed by atoms with van der Waals surface area (Å²) in [6.45, 7) is 1.99. The van der Waals surface area contributed by atoms with Crippen molar-refractivity contribution in [3.8, 4) is 11.1 Å². The maximum absolute atomic E-state index is 11.0. The number of carboxylic acid groups (broad SMARTS) is 1. The largest absolute Gasteiger partial charge is 0.481 e. The number of benzene rings is 2. The third-order valence-electron chi connectivity index (χ3n) is 3.79. The third kappa shape index (κ3) is 4.45. The van der Waals surface area contributed by atoms with Gasteiger partial charge in [-0.2, -0.15) is 0 Å². The quantitative estimate of drug-likeness (QED) is 0.669. The molecule has 5 heteroatoms. The van der Waals surface area contributed by atoms with Crippen LogP contribution in [-0.2, 0) is 17.0 Å². The molecule has 0 radical (unpaired) electrons. The first-order valence-electron chi connectivity index (χ1n) is 7.93. The Bertz CT molecular complexity index is 865. The predicted octanol–water partition coefficient (Wildman–Crippen LogP) is 4.37. The molecule has 0 amide bonds. The highest BCUT2D eigenvalue weighted by molar-refractivity contribution is 7.98. The zero-order valence-electron chi connectivity index (χ0n) is 13.8. The monoisotopic (exact) mass is 350 g/mol. The van der Waals surface area contributed by atoms with E-state index < -0.39 is 5.97 Å². The normalized spacial score (nSPS) is 10.6. The highest BCUT2D eigenvalue weighted by atomic mass is 32.2. The zero-order valence-corrected chi connectivity index (χ0v) is 14.7. The van der Waals surface area contributed by atoms with Gasteiger partial charge in [-0.1, -0.05) is 48.5 Å². The van der Waals surface area contributed by atoms with Crippen LogP contribution in [0.2, 0.25) is 0 Å². The van der Waals surface area contributed by atoms with E-state index in [-0.39, 0.29) is 6.42 Å². The molecule has 3 rings (SSSR count). The molecule has 25 heavy (non-hydrogen) atoms. The van der Waals surface area contributed by atoms with Gasteiger partial charge in [0.05, 0.1) is 12.2 Å². The van der Waals surface area contributed by atoms with Crippen molar-refractivity contribution in [3.05, 3.63) is 77.9 Å². The first-order valence-corrected chi connectivity index (χ1v) is 8.91. The number of aromatic nitrogens is 2. The van der Waals surface area contributed by atoms with Gasteiger partial charge in [0, 0.05) is 22.9 Å². The summed E-state index contributed by atoms with van der Waals surface area (Å²) in [5.41, 5.74) is 3.98. The molecule has 0 unspecified atom stereocenters. The highest BCUT2D eigenvalue weighted by Crippen LogP contribution is 2.29. The van der Waals surface area contributed by atoms with Crippen LogP contribution >= 0.6 is 11.8 Å². The fourth-order valence-corrected chi connectivity index (χ4v) is 3.61. The first kappa shape index (κ1) is 17.2. The molecular formula is C20H18N2O2S. The maximum Gasteiger partial charge on any atom is 0.307 e. The van der Waals surface area contributed by atoms with E-state index in [9.17, 15) is 4.79 Å². The van der Waals surface area contributed by atoms with Crippen LogP contribution in [0.25, 0.3) is 11.1 Å². The van der Waals surface area contributed by atoms with Crippen LogP contribution in [0.5, 0.6) is 0 Å². The maximum atomic E-state index is 11.0. The number of rotatable bonds is 6. The molecule has 0 atom stereocenters. The number of hydrogen-bond acceptors (Lipinski definition) is 4. The minimum absolute atomic E-state index is 0.0256. The summed E-state index contributed by atoms with van der Waals surface area (Å²) < 4.78 is 0. The SMILES string of the molecule is Cc1cccc(CC(=O)O)c1SCc1ncc(-c2ccccc2)cn1. The lowest BCUT2D eigenvalue weighted by atomic mass is 10.1. The van der Waals surface area contributed by atoms with Crippen molar-refractivity contribution in [1.82, 2.24) is 9.97 Å². The average Bonchev–Trinajstić information content (AvgIpc) is 2.62. The minimum atomic E-state index is -0.823. The van der Waals surface area contributed by atoms with Gasteiger partial charge in [-0.05, 0) is 23.6 Å². The van der Waals surface area contributed by atoms with Gasteiger partial charge in [0.2, 0.25) is 0 Å². The minimum Gasteiger partial charge on any atom is -0.481 e. The molecule has 0 aliphatic rings. The predicted molar refractivity (Wildman–Crippen MR) is 99.5 cm³/mol. The number of hydrogen-bond donors (Lipinski definition) is 1. The van der Waals surface area contributed by atoms with Crippen molar-refractivity contribution in [1.29, 1.82) is 0 Å². The van der Waals surface area contributed by atoms with Crippen molar-refractivity contribution in [2.75, 3.05) is 0 Å². The van der Waals surface area contributed by atoms with Gasteiger partial charge in [0.15, 0.2) is 0 Å². The van der Waals surface area contributed by atoms with Crippen molar-refractivity contribution in [3.63, 3.8) is 0 Å². The molecule has 126 valence electrons. The Morgan fingerprint density at radius 1 is 1.00 bits per heavy atom. The lowest BCUT2D eigenvalue weighted by Gasteiger charge is -2.10. The van der Waals surface area contributed by atoms with Crippen LogP contribution in [0.4, 0.5) is 0 Å². The number of nitrogens with zero attached hydrogens (tertiary/aromatic N) is 2. The molecule has 0 aliphatic carbocycles. The van der Waals surface area contributed by atoms with E-state index in [2.05, 4.69) is 9.97 Å². The molecule has 0 fully saturated rings.